The van der Waals surface area contributed by atoms with E-state index in [4.69, 9.17) is 4.74 Å². The normalized spacial score (nSPS) is 24.1. The Labute approximate surface area is 131 Å². The van der Waals surface area contributed by atoms with Gasteiger partial charge in [0.1, 0.15) is 6.17 Å². The lowest BCUT2D eigenvalue weighted by Crippen LogP contribution is -2.38. The monoisotopic (exact) mass is 310 g/mol. The van der Waals surface area contributed by atoms with Crippen molar-refractivity contribution < 1.29 is 9.53 Å². The highest BCUT2D eigenvalue weighted by Gasteiger charge is 2.41. The summed E-state index contributed by atoms with van der Waals surface area (Å²) in [6.45, 7) is 11.6. The van der Waals surface area contributed by atoms with Gasteiger partial charge in [0, 0.05) is 22.9 Å². The van der Waals surface area contributed by atoms with Crippen molar-refractivity contribution in [3.05, 3.63) is 21.9 Å². The van der Waals surface area contributed by atoms with Gasteiger partial charge in [-0.3, -0.25) is 10.1 Å². The summed E-state index contributed by atoms with van der Waals surface area (Å²) >= 11 is 1.75. The number of nitrogens with one attached hydrogen (secondary N) is 1. The number of rotatable bonds is 6. The van der Waals surface area contributed by atoms with Gasteiger partial charge in [-0.15, -0.1) is 11.3 Å². The molecule has 0 aromatic carbocycles. The fraction of sp³-hybridized carbons (Fsp3) is 0.688. The standard InChI is InChI=1S/C16H26N2O2S/c1-6-20-11(4)9-18-15(13-8-7-12(5)21-13)17-14(10(2)3)16(18)19/h7-8,10-11,14-15,17H,6,9H2,1-5H3. The third kappa shape index (κ3) is 3.65. The molecule has 118 valence electrons. The molecule has 3 atom stereocenters. The predicted molar refractivity (Wildman–Crippen MR) is 86.4 cm³/mol. The lowest BCUT2D eigenvalue weighted by Gasteiger charge is -2.26. The SMILES string of the molecule is CCOC(C)CN1C(=O)C(C(C)C)NC1c1ccc(C)s1. The van der Waals surface area contributed by atoms with Gasteiger partial charge in [-0.05, 0) is 38.8 Å². The molecule has 1 aliphatic heterocycles. The number of nitrogens with zero attached hydrogens (tertiary/aromatic N) is 1. The predicted octanol–water partition coefficient (Wildman–Crippen LogP) is 2.94. The zero-order chi connectivity index (χ0) is 15.6. The largest absolute Gasteiger partial charge is 0.377 e. The van der Waals surface area contributed by atoms with Crippen LogP contribution in [0.4, 0.5) is 0 Å². The van der Waals surface area contributed by atoms with Crippen LogP contribution < -0.4 is 5.32 Å². The third-order valence-electron chi connectivity index (χ3n) is 3.80. The highest BCUT2D eigenvalue weighted by molar-refractivity contribution is 7.12. The molecule has 0 bridgehead atoms. The van der Waals surface area contributed by atoms with Crippen molar-refractivity contribution in [3.8, 4) is 0 Å². The molecule has 1 saturated heterocycles. The van der Waals surface area contributed by atoms with Crippen LogP contribution >= 0.6 is 11.3 Å². The average Bonchev–Trinajstić information content (AvgIpc) is 2.95. The Kier molecular flexibility index (Phi) is 5.41. The van der Waals surface area contributed by atoms with Gasteiger partial charge in [0.25, 0.3) is 0 Å². The molecular weight excluding hydrogens is 284 g/mol. The topological polar surface area (TPSA) is 41.6 Å². The highest BCUT2D eigenvalue weighted by Crippen LogP contribution is 2.32. The minimum atomic E-state index is -0.105. The summed E-state index contributed by atoms with van der Waals surface area (Å²) in [5.41, 5.74) is 0. The third-order valence-corrected chi connectivity index (χ3v) is 4.85. The van der Waals surface area contributed by atoms with Crippen molar-refractivity contribution in [1.82, 2.24) is 10.2 Å². The molecule has 2 heterocycles. The summed E-state index contributed by atoms with van der Waals surface area (Å²) in [5.74, 6) is 0.473. The Hall–Kier alpha value is -0.910. The molecule has 1 aliphatic rings. The molecule has 1 fully saturated rings. The van der Waals surface area contributed by atoms with Crippen LogP contribution in [0, 0.1) is 12.8 Å². The van der Waals surface area contributed by atoms with Crippen LogP contribution in [0.5, 0.6) is 0 Å². The van der Waals surface area contributed by atoms with Crippen LogP contribution in [0.25, 0.3) is 0 Å². The summed E-state index contributed by atoms with van der Waals surface area (Å²) < 4.78 is 5.62. The van der Waals surface area contributed by atoms with Gasteiger partial charge < -0.3 is 9.64 Å². The lowest BCUT2D eigenvalue weighted by molar-refractivity contribution is -0.132. The highest BCUT2D eigenvalue weighted by atomic mass is 32.1. The van der Waals surface area contributed by atoms with Gasteiger partial charge in [0.05, 0.1) is 12.1 Å². The number of ether oxygens (including phenoxy) is 1. The van der Waals surface area contributed by atoms with Gasteiger partial charge in [-0.25, -0.2) is 0 Å². The van der Waals surface area contributed by atoms with Crippen molar-refractivity contribution >= 4 is 17.2 Å². The number of aryl methyl sites for hydroxylation is 1. The Morgan fingerprint density at radius 1 is 1.38 bits per heavy atom. The summed E-state index contributed by atoms with van der Waals surface area (Å²) in [4.78, 5) is 17.1. The number of amides is 1. The smallest absolute Gasteiger partial charge is 0.241 e. The molecule has 1 aromatic heterocycles. The molecule has 0 aliphatic carbocycles. The van der Waals surface area contributed by atoms with Gasteiger partial charge in [0.15, 0.2) is 0 Å². The Balaban J connectivity index is 2.20. The van der Waals surface area contributed by atoms with E-state index in [9.17, 15) is 4.79 Å². The number of thiophene rings is 1. The average molecular weight is 310 g/mol. The summed E-state index contributed by atoms with van der Waals surface area (Å²) in [7, 11) is 0. The number of carbonyl (C=O) groups excluding carboxylic acids is 1. The van der Waals surface area contributed by atoms with Crippen molar-refractivity contribution in [3.63, 3.8) is 0 Å². The van der Waals surface area contributed by atoms with E-state index in [-0.39, 0.29) is 30.1 Å². The number of hydrogen-bond donors (Lipinski definition) is 1. The van der Waals surface area contributed by atoms with Crippen LogP contribution in [-0.2, 0) is 9.53 Å². The first-order chi connectivity index (χ1) is 9.93. The van der Waals surface area contributed by atoms with E-state index in [2.05, 4.69) is 38.2 Å². The first-order valence-electron chi connectivity index (χ1n) is 7.68. The number of carbonyl (C=O) groups is 1. The molecule has 0 saturated carbocycles. The number of hydrogen-bond acceptors (Lipinski definition) is 4. The first-order valence-corrected chi connectivity index (χ1v) is 8.50. The lowest BCUT2D eigenvalue weighted by atomic mass is 10.1. The van der Waals surface area contributed by atoms with E-state index in [0.717, 1.165) is 0 Å². The molecule has 1 N–H and O–H groups in total. The van der Waals surface area contributed by atoms with Crippen LogP contribution in [0.3, 0.4) is 0 Å². The molecule has 1 aromatic rings. The van der Waals surface area contributed by atoms with Gasteiger partial charge >= 0.3 is 0 Å². The molecular formula is C16H26N2O2S. The van der Waals surface area contributed by atoms with E-state index in [0.29, 0.717) is 13.2 Å². The molecule has 4 nitrogen and oxygen atoms in total. The zero-order valence-electron chi connectivity index (χ0n) is 13.6. The van der Waals surface area contributed by atoms with E-state index in [1.165, 1.54) is 9.75 Å². The maximum Gasteiger partial charge on any atom is 0.241 e. The van der Waals surface area contributed by atoms with E-state index in [1.54, 1.807) is 11.3 Å². The van der Waals surface area contributed by atoms with Crippen molar-refractivity contribution in [2.45, 2.75) is 52.9 Å². The van der Waals surface area contributed by atoms with Crippen LogP contribution in [-0.4, -0.2) is 36.1 Å². The van der Waals surface area contributed by atoms with Crippen LogP contribution in [0.15, 0.2) is 12.1 Å². The molecule has 3 unspecified atom stereocenters. The minimum Gasteiger partial charge on any atom is -0.377 e. The van der Waals surface area contributed by atoms with Crippen molar-refractivity contribution in [2.75, 3.05) is 13.2 Å². The molecule has 1 amide bonds. The maximum atomic E-state index is 12.7. The fourth-order valence-corrected chi connectivity index (χ4v) is 3.71. The molecule has 0 spiro atoms. The molecule has 5 heteroatoms. The Morgan fingerprint density at radius 2 is 2.10 bits per heavy atom. The molecule has 21 heavy (non-hydrogen) atoms. The van der Waals surface area contributed by atoms with Crippen LogP contribution in [0.1, 0.15) is 43.6 Å². The maximum absolute atomic E-state index is 12.7. The van der Waals surface area contributed by atoms with Crippen LogP contribution in [0.2, 0.25) is 0 Å². The zero-order valence-corrected chi connectivity index (χ0v) is 14.4. The van der Waals surface area contributed by atoms with Crippen molar-refractivity contribution in [1.29, 1.82) is 0 Å². The van der Waals surface area contributed by atoms with Gasteiger partial charge in [0.2, 0.25) is 5.91 Å². The van der Waals surface area contributed by atoms with E-state index >= 15 is 0 Å². The second kappa shape index (κ2) is 6.90. The summed E-state index contributed by atoms with van der Waals surface area (Å²) in [6.07, 6.45) is 0.0294. The molecule has 2 rings (SSSR count). The van der Waals surface area contributed by atoms with Gasteiger partial charge in [-0.1, -0.05) is 13.8 Å². The Morgan fingerprint density at radius 3 is 2.62 bits per heavy atom. The Bertz CT molecular complexity index is 486. The van der Waals surface area contributed by atoms with Gasteiger partial charge in [-0.2, -0.15) is 0 Å². The van der Waals surface area contributed by atoms with E-state index < -0.39 is 0 Å². The summed E-state index contributed by atoms with van der Waals surface area (Å²) in [5, 5.41) is 3.50. The molecule has 0 radical (unpaired) electrons. The second-order valence-electron chi connectivity index (χ2n) is 6.00. The minimum absolute atomic E-state index is 0.0218. The fourth-order valence-electron chi connectivity index (χ4n) is 2.76. The first kappa shape index (κ1) is 16.5. The summed E-state index contributed by atoms with van der Waals surface area (Å²) in [6, 6.07) is 4.12. The van der Waals surface area contributed by atoms with E-state index in [1.807, 2.05) is 18.7 Å². The quantitative estimate of drug-likeness (QED) is 0.878. The van der Waals surface area contributed by atoms with Crippen molar-refractivity contribution in [2.24, 2.45) is 5.92 Å². The second-order valence-corrected chi connectivity index (χ2v) is 7.32.